The molecule has 0 aliphatic heterocycles. The number of aromatic nitrogens is 1. The van der Waals surface area contributed by atoms with Crippen molar-refractivity contribution in [2.75, 3.05) is 13.2 Å². The average Bonchev–Trinajstić information content (AvgIpc) is 3.24. The standard InChI is InChI=1S/C23H27N5O3/c1-3-25-23(26-12-17-5-4-6-20(11-17)30-15-21(24)29)27-13-19-14-31-22(28-19)18-9-7-16(2)8-10-18/h4-11,14H,3,12-13,15H2,1-2H3,(H2,24,29)(H2,25,26,27). The van der Waals surface area contributed by atoms with Gasteiger partial charge < -0.3 is 25.5 Å². The van der Waals surface area contributed by atoms with Crippen LogP contribution in [0.1, 0.15) is 23.7 Å². The summed E-state index contributed by atoms with van der Waals surface area (Å²) >= 11 is 0. The van der Waals surface area contributed by atoms with Crippen molar-refractivity contribution in [3.63, 3.8) is 0 Å². The molecule has 3 rings (SSSR count). The third-order valence-electron chi connectivity index (χ3n) is 4.33. The minimum atomic E-state index is -0.513. The Hall–Kier alpha value is -3.81. The summed E-state index contributed by atoms with van der Waals surface area (Å²) in [4.78, 5) is 20.0. The zero-order valence-electron chi connectivity index (χ0n) is 17.7. The van der Waals surface area contributed by atoms with Crippen molar-refractivity contribution in [2.45, 2.75) is 26.9 Å². The van der Waals surface area contributed by atoms with Gasteiger partial charge in [-0.05, 0) is 43.7 Å². The molecule has 0 bridgehead atoms. The van der Waals surface area contributed by atoms with Gasteiger partial charge in [0.05, 0.1) is 18.8 Å². The van der Waals surface area contributed by atoms with Gasteiger partial charge in [0.25, 0.3) is 5.91 Å². The molecule has 0 spiro atoms. The molecular formula is C23H27N5O3. The van der Waals surface area contributed by atoms with E-state index in [0.29, 0.717) is 30.7 Å². The molecular weight excluding hydrogens is 394 g/mol. The van der Waals surface area contributed by atoms with Crippen molar-refractivity contribution in [1.82, 2.24) is 15.6 Å². The van der Waals surface area contributed by atoms with E-state index in [9.17, 15) is 4.79 Å². The molecule has 0 fully saturated rings. The lowest BCUT2D eigenvalue weighted by Crippen LogP contribution is -2.36. The van der Waals surface area contributed by atoms with Crippen LogP contribution < -0.4 is 21.1 Å². The molecule has 0 atom stereocenters. The number of aliphatic imine (C=N–C) groups is 1. The van der Waals surface area contributed by atoms with Gasteiger partial charge in [0.15, 0.2) is 12.6 Å². The predicted molar refractivity (Wildman–Crippen MR) is 119 cm³/mol. The highest BCUT2D eigenvalue weighted by Gasteiger charge is 2.07. The van der Waals surface area contributed by atoms with Crippen molar-refractivity contribution >= 4 is 11.9 Å². The zero-order valence-corrected chi connectivity index (χ0v) is 17.7. The number of primary amides is 1. The van der Waals surface area contributed by atoms with E-state index in [1.54, 1.807) is 12.3 Å². The van der Waals surface area contributed by atoms with Crippen LogP contribution in [0.4, 0.5) is 0 Å². The Morgan fingerprint density at radius 2 is 2.00 bits per heavy atom. The molecule has 1 aromatic heterocycles. The Kier molecular flexibility index (Phi) is 7.64. The summed E-state index contributed by atoms with van der Waals surface area (Å²) in [6.45, 7) is 5.53. The smallest absolute Gasteiger partial charge is 0.255 e. The summed E-state index contributed by atoms with van der Waals surface area (Å²) in [6.07, 6.45) is 1.64. The first kappa shape index (κ1) is 21.9. The number of carbonyl (C=O) groups excluding carboxylic acids is 1. The van der Waals surface area contributed by atoms with Crippen LogP contribution in [0.5, 0.6) is 5.75 Å². The molecule has 0 aliphatic carbocycles. The van der Waals surface area contributed by atoms with Gasteiger partial charge >= 0.3 is 0 Å². The van der Waals surface area contributed by atoms with Crippen LogP contribution in [0.25, 0.3) is 11.5 Å². The number of hydrogen-bond donors (Lipinski definition) is 3. The summed E-state index contributed by atoms with van der Waals surface area (Å²) in [7, 11) is 0. The molecule has 162 valence electrons. The topological polar surface area (TPSA) is 115 Å². The fraction of sp³-hybridized carbons (Fsp3) is 0.261. The Bertz CT molecular complexity index is 1030. The van der Waals surface area contributed by atoms with Gasteiger partial charge in [-0.3, -0.25) is 4.79 Å². The third-order valence-corrected chi connectivity index (χ3v) is 4.33. The number of hydrogen-bond acceptors (Lipinski definition) is 5. The largest absolute Gasteiger partial charge is 0.484 e. The summed E-state index contributed by atoms with van der Waals surface area (Å²) in [5.41, 5.74) is 8.97. The van der Waals surface area contributed by atoms with E-state index in [-0.39, 0.29) is 6.61 Å². The van der Waals surface area contributed by atoms with E-state index in [0.717, 1.165) is 23.4 Å². The fourth-order valence-electron chi connectivity index (χ4n) is 2.79. The van der Waals surface area contributed by atoms with Crippen LogP contribution in [-0.2, 0) is 17.9 Å². The maximum absolute atomic E-state index is 10.9. The number of carbonyl (C=O) groups is 1. The zero-order chi connectivity index (χ0) is 22.1. The van der Waals surface area contributed by atoms with Crippen molar-refractivity contribution in [3.8, 4) is 17.2 Å². The van der Waals surface area contributed by atoms with Crippen molar-refractivity contribution in [1.29, 1.82) is 0 Å². The maximum Gasteiger partial charge on any atom is 0.255 e. The lowest BCUT2D eigenvalue weighted by molar-refractivity contribution is -0.119. The number of benzene rings is 2. The molecule has 1 heterocycles. The van der Waals surface area contributed by atoms with Crippen LogP contribution >= 0.6 is 0 Å². The van der Waals surface area contributed by atoms with E-state index in [1.807, 2.05) is 56.3 Å². The number of guanidine groups is 1. The molecule has 0 saturated carbocycles. The van der Waals surface area contributed by atoms with E-state index in [1.165, 1.54) is 5.56 Å². The van der Waals surface area contributed by atoms with Crippen LogP contribution in [0.2, 0.25) is 0 Å². The first-order valence-electron chi connectivity index (χ1n) is 10.1. The van der Waals surface area contributed by atoms with Crippen LogP contribution in [0.3, 0.4) is 0 Å². The van der Waals surface area contributed by atoms with E-state index in [2.05, 4.69) is 20.6 Å². The number of nitrogens with zero attached hydrogens (tertiary/aromatic N) is 2. The molecule has 3 aromatic rings. The lowest BCUT2D eigenvalue weighted by atomic mass is 10.1. The summed E-state index contributed by atoms with van der Waals surface area (Å²) in [5, 5.41) is 6.47. The molecule has 8 nitrogen and oxygen atoms in total. The number of aryl methyl sites for hydroxylation is 1. The Labute approximate surface area is 181 Å². The molecule has 1 amide bonds. The monoisotopic (exact) mass is 421 g/mol. The van der Waals surface area contributed by atoms with Gasteiger partial charge in [0.1, 0.15) is 12.0 Å². The van der Waals surface area contributed by atoms with Gasteiger partial charge in [0.2, 0.25) is 5.89 Å². The molecule has 4 N–H and O–H groups in total. The molecule has 31 heavy (non-hydrogen) atoms. The number of oxazole rings is 1. The highest BCUT2D eigenvalue weighted by molar-refractivity contribution is 5.79. The van der Waals surface area contributed by atoms with Gasteiger partial charge in [-0.1, -0.05) is 29.8 Å². The lowest BCUT2D eigenvalue weighted by Gasteiger charge is -2.10. The summed E-state index contributed by atoms with van der Waals surface area (Å²) < 4.78 is 10.9. The maximum atomic E-state index is 10.9. The van der Waals surface area contributed by atoms with Gasteiger partial charge in [-0.2, -0.15) is 0 Å². The molecule has 0 unspecified atom stereocenters. The van der Waals surface area contributed by atoms with Crippen LogP contribution in [0, 0.1) is 6.92 Å². The molecule has 2 aromatic carbocycles. The molecule has 8 heteroatoms. The van der Waals surface area contributed by atoms with Crippen molar-refractivity contribution in [3.05, 3.63) is 71.6 Å². The fourth-order valence-corrected chi connectivity index (χ4v) is 2.79. The number of amides is 1. The Morgan fingerprint density at radius 1 is 1.19 bits per heavy atom. The normalized spacial score (nSPS) is 11.2. The summed E-state index contributed by atoms with van der Waals surface area (Å²) in [6, 6.07) is 15.4. The Balaban J connectivity index is 1.60. The Morgan fingerprint density at radius 3 is 2.74 bits per heavy atom. The number of nitrogens with one attached hydrogen (secondary N) is 2. The number of ether oxygens (including phenoxy) is 1. The summed E-state index contributed by atoms with van der Waals surface area (Å²) in [5.74, 6) is 1.31. The molecule has 0 saturated heterocycles. The minimum absolute atomic E-state index is 0.154. The number of rotatable bonds is 9. The van der Waals surface area contributed by atoms with E-state index >= 15 is 0 Å². The average molecular weight is 422 g/mol. The quantitative estimate of drug-likeness (QED) is 0.362. The SMILES string of the molecule is CCNC(=NCc1cccc(OCC(N)=O)c1)NCc1coc(-c2ccc(C)cc2)n1. The van der Waals surface area contributed by atoms with Crippen molar-refractivity contribution < 1.29 is 13.9 Å². The van der Waals surface area contributed by atoms with Crippen molar-refractivity contribution in [2.24, 2.45) is 10.7 Å². The second kappa shape index (κ2) is 10.8. The second-order valence-corrected chi connectivity index (χ2v) is 6.96. The third kappa shape index (κ3) is 6.88. The first-order chi connectivity index (χ1) is 15.0. The van der Waals surface area contributed by atoms with Crippen LogP contribution in [0.15, 0.2) is 64.2 Å². The van der Waals surface area contributed by atoms with Gasteiger partial charge in [0, 0.05) is 12.1 Å². The molecule has 0 aliphatic rings. The first-order valence-corrected chi connectivity index (χ1v) is 10.1. The minimum Gasteiger partial charge on any atom is -0.484 e. The highest BCUT2D eigenvalue weighted by Crippen LogP contribution is 2.19. The second-order valence-electron chi connectivity index (χ2n) is 6.96. The molecule has 0 radical (unpaired) electrons. The highest BCUT2D eigenvalue weighted by atomic mass is 16.5. The predicted octanol–water partition coefficient (Wildman–Crippen LogP) is 2.77. The van der Waals surface area contributed by atoms with E-state index in [4.69, 9.17) is 14.9 Å². The number of nitrogens with two attached hydrogens (primary N) is 1. The van der Waals surface area contributed by atoms with Crippen LogP contribution in [-0.4, -0.2) is 30.0 Å². The van der Waals surface area contributed by atoms with Gasteiger partial charge in [-0.15, -0.1) is 0 Å². The van der Waals surface area contributed by atoms with E-state index < -0.39 is 5.91 Å². The van der Waals surface area contributed by atoms with Gasteiger partial charge in [-0.25, -0.2) is 9.98 Å².